The first-order chi connectivity index (χ1) is 13.4. The van der Waals surface area contributed by atoms with Gasteiger partial charge in [-0.2, -0.15) is 0 Å². The largest absolute Gasteiger partial charge is 0.298 e. The second-order valence-corrected chi connectivity index (χ2v) is 9.08. The Bertz CT molecular complexity index is 767. The van der Waals surface area contributed by atoms with Crippen LogP contribution in [0, 0.1) is 5.82 Å². The number of nitrogens with zero attached hydrogens (tertiary/aromatic N) is 6. The maximum Gasteiger partial charge on any atom is 0.173 e. The molecule has 0 N–H and O–H groups in total. The number of aromatic nitrogens is 4. The Morgan fingerprint density at radius 1 is 1.00 bits per heavy atom. The van der Waals surface area contributed by atoms with Crippen molar-refractivity contribution >= 4 is 0 Å². The van der Waals surface area contributed by atoms with E-state index in [4.69, 9.17) is 0 Å². The molecule has 1 saturated heterocycles. The van der Waals surface area contributed by atoms with Gasteiger partial charge in [0.15, 0.2) is 5.82 Å². The average Bonchev–Trinajstić information content (AvgIpc) is 3.36. The Balaban J connectivity index is 1.61. The smallest absolute Gasteiger partial charge is 0.173 e. The van der Waals surface area contributed by atoms with Gasteiger partial charge in [0.05, 0.1) is 11.6 Å². The van der Waals surface area contributed by atoms with Crippen LogP contribution < -0.4 is 0 Å². The zero-order chi connectivity index (χ0) is 19.7. The molecule has 28 heavy (non-hydrogen) atoms. The summed E-state index contributed by atoms with van der Waals surface area (Å²) >= 11 is 0. The fourth-order valence-corrected chi connectivity index (χ4v) is 4.64. The van der Waals surface area contributed by atoms with E-state index in [1.165, 1.54) is 37.8 Å². The summed E-state index contributed by atoms with van der Waals surface area (Å²) in [6.07, 6.45) is 5.40. The molecule has 2 aliphatic rings. The van der Waals surface area contributed by atoms with Crippen molar-refractivity contribution in [2.24, 2.45) is 0 Å². The first-order valence-electron chi connectivity index (χ1n) is 10.5. The number of tetrazole rings is 1. The van der Waals surface area contributed by atoms with Crippen molar-refractivity contribution in [2.75, 3.05) is 26.2 Å². The summed E-state index contributed by atoms with van der Waals surface area (Å²) in [5.74, 6) is 0.609. The lowest BCUT2D eigenvalue weighted by Crippen LogP contribution is -2.51. The third-order valence-electron chi connectivity index (χ3n) is 6.11. The molecule has 0 spiro atoms. The van der Waals surface area contributed by atoms with Gasteiger partial charge in [-0.3, -0.25) is 9.80 Å². The van der Waals surface area contributed by atoms with E-state index in [0.29, 0.717) is 0 Å². The summed E-state index contributed by atoms with van der Waals surface area (Å²) in [6, 6.07) is 7.48. The highest BCUT2D eigenvalue weighted by atomic mass is 19.1. The molecule has 152 valence electrons. The zero-order valence-electron chi connectivity index (χ0n) is 17.2. The number of hydrogen-bond donors (Lipinski definition) is 0. The van der Waals surface area contributed by atoms with Crippen molar-refractivity contribution < 1.29 is 4.39 Å². The van der Waals surface area contributed by atoms with Crippen LogP contribution in [0.2, 0.25) is 0 Å². The van der Waals surface area contributed by atoms with E-state index in [-0.39, 0.29) is 17.4 Å². The Kier molecular flexibility index (Phi) is 5.47. The summed E-state index contributed by atoms with van der Waals surface area (Å²) in [7, 11) is 0. The van der Waals surface area contributed by atoms with Gasteiger partial charge < -0.3 is 0 Å². The van der Waals surface area contributed by atoms with E-state index >= 15 is 0 Å². The number of piperazine rings is 1. The van der Waals surface area contributed by atoms with E-state index in [1.54, 1.807) is 0 Å². The second-order valence-electron chi connectivity index (χ2n) is 9.08. The van der Waals surface area contributed by atoms with Crippen molar-refractivity contribution in [3.8, 4) is 0 Å². The fourth-order valence-electron chi connectivity index (χ4n) is 4.64. The summed E-state index contributed by atoms with van der Waals surface area (Å²) in [5.41, 5.74) is 0.819. The first-order valence-corrected chi connectivity index (χ1v) is 10.5. The van der Waals surface area contributed by atoms with Crippen LogP contribution in [0.1, 0.15) is 63.9 Å². The molecular weight excluding hydrogens is 355 g/mol. The molecule has 1 saturated carbocycles. The quantitative estimate of drug-likeness (QED) is 0.808. The molecule has 2 heterocycles. The Labute approximate surface area is 166 Å². The molecule has 1 aromatic carbocycles. The maximum atomic E-state index is 13.6. The molecule has 1 unspecified atom stereocenters. The Morgan fingerprint density at radius 3 is 2.25 bits per heavy atom. The van der Waals surface area contributed by atoms with Crippen LogP contribution in [0.4, 0.5) is 4.39 Å². The SMILES string of the molecule is CC(C)(C)n1nnnc1C(c1ccc(F)cc1)N1CCN(C2CCCC2)CC1. The molecule has 2 fully saturated rings. The van der Waals surface area contributed by atoms with Crippen molar-refractivity contribution in [1.82, 2.24) is 30.0 Å². The third kappa shape index (κ3) is 3.96. The lowest BCUT2D eigenvalue weighted by atomic mass is 10.0. The second kappa shape index (κ2) is 7.87. The first kappa shape index (κ1) is 19.5. The molecule has 7 heteroatoms. The summed E-state index contributed by atoms with van der Waals surface area (Å²) in [5, 5.41) is 12.7. The van der Waals surface area contributed by atoms with Gasteiger partial charge in [0, 0.05) is 32.2 Å². The van der Waals surface area contributed by atoms with E-state index in [0.717, 1.165) is 43.6 Å². The molecule has 1 atom stereocenters. The topological polar surface area (TPSA) is 50.1 Å². The van der Waals surface area contributed by atoms with Crippen LogP contribution in [-0.4, -0.2) is 62.2 Å². The van der Waals surface area contributed by atoms with Crippen molar-refractivity contribution in [2.45, 2.75) is 64.1 Å². The predicted molar refractivity (Wildman–Crippen MR) is 106 cm³/mol. The fraction of sp³-hybridized carbons (Fsp3) is 0.667. The predicted octanol–water partition coefficient (Wildman–Crippen LogP) is 3.22. The molecule has 0 amide bonds. The van der Waals surface area contributed by atoms with Gasteiger partial charge in [-0.1, -0.05) is 25.0 Å². The van der Waals surface area contributed by atoms with Gasteiger partial charge in [-0.05, 0) is 61.7 Å². The maximum absolute atomic E-state index is 13.6. The van der Waals surface area contributed by atoms with Gasteiger partial charge in [0.25, 0.3) is 0 Å². The molecule has 1 aliphatic heterocycles. The summed E-state index contributed by atoms with van der Waals surface area (Å²) in [6.45, 7) is 10.4. The van der Waals surface area contributed by atoms with Gasteiger partial charge in [0.2, 0.25) is 0 Å². The molecule has 4 rings (SSSR count). The summed E-state index contributed by atoms with van der Waals surface area (Å²) in [4.78, 5) is 5.10. The number of hydrogen-bond acceptors (Lipinski definition) is 5. The normalized spacial score (nSPS) is 21.3. The van der Waals surface area contributed by atoms with E-state index in [1.807, 2.05) is 16.8 Å². The lowest BCUT2D eigenvalue weighted by Gasteiger charge is -2.41. The minimum Gasteiger partial charge on any atom is -0.298 e. The van der Waals surface area contributed by atoms with Crippen LogP contribution in [0.3, 0.4) is 0 Å². The molecule has 2 aromatic rings. The van der Waals surface area contributed by atoms with E-state index in [2.05, 4.69) is 46.1 Å². The minimum atomic E-state index is -0.219. The molecular formula is C21H31FN6. The van der Waals surface area contributed by atoms with Crippen LogP contribution in [0.15, 0.2) is 24.3 Å². The monoisotopic (exact) mass is 386 g/mol. The molecule has 1 aromatic heterocycles. The minimum absolute atomic E-state index is 0.0689. The molecule has 0 bridgehead atoms. The van der Waals surface area contributed by atoms with Gasteiger partial charge in [-0.25, -0.2) is 9.07 Å². The lowest BCUT2D eigenvalue weighted by molar-refractivity contribution is 0.0755. The standard InChI is InChI=1S/C21H31FN6/c1-21(2,3)28-20(23-24-25-28)19(16-8-10-17(22)11-9-16)27-14-12-26(13-15-27)18-6-4-5-7-18/h8-11,18-19H,4-7,12-15H2,1-3H3. The van der Waals surface area contributed by atoms with Crippen LogP contribution in [0.25, 0.3) is 0 Å². The highest BCUT2D eigenvalue weighted by Crippen LogP contribution is 2.32. The Morgan fingerprint density at radius 2 is 1.64 bits per heavy atom. The molecule has 0 radical (unpaired) electrons. The van der Waals surface area contributed by atoms with E-state index < -0.39 is 0 Å². The van der Waals surface area contributed by atoms with Crippen molar-refractivity contribution in [3.05, 3.63) is 41.5 Å². The van der Waals surface area contributed by atoms with Crippen LogP contribution in [-0.2, 0) is 5.54 Å². The van der Waals surface area contributed by atoms with Crippen LogP contribution >= 0.6 is 0 Å². The summed E-state index contributed by atoms with van der Waals surface area (Å²) < 4.78 is 15.5. The Hall–Kier alpha value is -1.86. The number of benzene rings is 1. The number of rotatable bonds is 4. The van der Waals surface area contributed by atoms with Crippen molar-refractivity contribution in [1.29, 1.82) is 0 Å². The van der Waals surface area contributed by atoms with Gasteiger partial charge in [0.1, 0.15) is 5.82 Å². The van der Waals surface area contributed by atoms with Crippen molar-refractivity contribution in [3.63, 3.8) is 0 Å². The zero-order valence-corrected chi connectivity index (χ0v) is 17.2. The van der Waals surface area contributed by atoms with Gasteiger partial charge >= 0.3 is 0 Å². The molecule has 6 nitrogen and oxygen atoms in total. The average molecular weight is 387 g/mol. The molecule has 1 aliphatic carbocycles. The highest BCUT2D eigenvalue weighted by molar-refractivity contribution is 5.26. The van der Waals surface area contributed by atoms with Gasteiger partial charge in [-0.15, -0.1) is 5.10 Å². The third-order valence-corrected chi connectivity index (χ3v) is 6.11. The van der Waals surface area contributed by atoms with Crippen LogP contribution in [0.5, 0.6) is 0 Å². The number of halogens is 1. The highest BCUT2D eigenvalue weighted by Gasteiger charge is 2.34. The van der Waals surface area contributed by atoms with E-state index in [9.17, 15) is 4.39 Å².